The summed E-state index contributed by atoms with van der Waals surface area (Å²) < 4.78 is 5.41. The van der Waals surface area contributed by atoms with Gasteiger partial charge in [-0.3, -0.25) is 14.6 Å². The number of carbonyl (C=O) groups excluding carboxylic acids is 1. The summed E-state index contributed by atoms with van der Waals surface area (Å²) in [5, 5.41) is 22.2. The van der Waals surface area contributed by atoms with Crippen molar-refractivity contribution in [2.45, 2.75) is 6.04 Å². The number of fused-ring (bicyclic) bond motifs is 1. The van der Waals surface area contributed by atoms with Crippen LogP contribution in [0.5, 0.6) is 0 Å². The van der Waals surface area contributed by atoms with Gasteiger partial charge in [-0.25, -0.2) is 0 Å². The van der Waals surface area contributed by atoms with Gasteiger partial charge in [0.15, 0.2) is 6.19 Å². The minimum atomic E-state index is -0.340. The van der Waals surface area contributed by atoms with E-state index in [1.165, 1.54) is 0 Å². The fraction of sp³-hybridized carbons (Fsp3) is 0.333. The summed E-state index contributed by atoms with van der Waals surface area (Å²) in [6.45, 7) is 3.02. The molecule has 0 unspecified atom stereocenters. The number of piperazine rings is 2. The number of amides is 1. The molecule has 8 nitrogen and oxygen atoms in total. The van der Waals surface area contributed by atoms with Gasteiger partial charge in [-0.1, -0.05) is 17.3 Å². The number of aromatic nitrogens is 1. The molecule has 2 saturated heterocycles. The molecule has 1 aromatic carbocycles. The number of nitrogens with zero attached hydrogens (tertiary/aromatic N) is 6. The van der Waals surface area contributed by atoms with Crippen molar-refractivity contribution >= 4 is 11.8 Å². The highest BCUT2D eigenvalue weighted by Crippen LogP contribution is 2.28. The summed E-state index contributed by atoms with van der Waals surface area (Å²) in [5.74, 6) is 0.311. The minimum absolute atomic E-state index is 0.0790. The third kappa shape index (κ3) is 2.77. The first kappa shape index (κ1) is 16.1. The van der Waals surface area contributed by atoms with Gasteiger partial charge in [-0.2, -0.15) is 10.5 Å². The fourth-order valence-electron chi connectivity index (χ4n) is 3.43. The van der Waals surface area contributed by atoms with Gasteiger partial charge < -0.3 is 9.42 Å². The molecule has 8 heteroatoms. The number of anilines is 1. The summed E-state index contributed by atoms with van der Waals surface area (Å²) in [6.07, 6.45) is 2.12. The summed E-state index contributed by atoms with van der Waals surface area (Å²) in [4.78, 5) is 18.2. The SMILES string of the molecule is N#Cc1cccc(-c2cc(N3CCN4CCN(C#N)C[C@@H]4C3=O)on2)c1. The molecule has 2 aromatic rings. The van der Waals surface area contributed by atoms with Gasteiger partial charge in [-0.05, 0) is 12.1 Å². The van der Waals surface area contributed by atoms with Gasteiger partial charge in [0.05, 0.1) is 18.2 Å². The zero-order chi connectivity index (χ0) is 18.1. The van der Waals surface area contributed by atoms with Crippen LogP contribution in [-0.2, 0) is 4.79 Å². The van der Waals surface area contributed by atoms with E-state index in [1.807, 2.05) is 6.07 Å². The predicted octanol–water partition coefficient (Wildman–Crippen LogP) is 1.03. The molecular formula is C18H16N6O2. The van der Waals surface area contributed by atoms with Gasteiger partial charge in [0.2, 0.25) is 11.8 Å². The molecule has 0 aliphatic carbocycles. The lowest BCUT2D eigenvalue weighted by Crippen LogP contribution is -2.64. The largest absolute Gasteiger partial charge is 0.338 e. The third-order valence-corrected chi connectivity index (χ3v) is 4.85. The number of rotatable bonds is 2. The van der Waals surface area contributed by atoms with E-state index in [0.717, 1.165) is 12.1 Å². The number of nitriles is 2. The van der Waals surface area contributed by atoms with Crippen LogP contribution in [-0.4, -0.2) is 59.6 Å². The van der Waals surface area contributed by atoms with Crippen molar-refractivity contribution in [1.29, 1.82) is 10.5 Å². The Bertz CT molecular complexity index is 924. The van der Waals surface area contributed by atoms with E-state index in [-0.39, 0.29) is 11.9 Å². The second-order valence-corrected chi connectivity index (χ2v) is 6.33. The van der Waals surface area contributed by atoms with Crippen LogP contribution >= 0.6 is 0 Å². The Morgan fingerprint density at radius 2 is 2.00 bits per heavy atom. The highest BCUT2D eigenvalue weighted by atomic mass is 16.5. The topological polar surface area (TPSA) is 100 Å². The lowest BCUT2D eigenvalue weighted by molar-refractivity contribution is -0.128. The van der Waals surface area contributed by atoms with Gasteiger partial charge in [0.25, 0.3) is 0 Å². The van der Waals surface area contributed by atoms with E-state index >= 15 is 0 Å². The zero-order valence-electron chi connectivity index (χ0n) is 14.0. The molecule has 1 atom stereocenters. The van der Waals surface area contributed by atoms with Crippen molar-refractivity contribution in [3.63, 3.8) is 0 Å². The molecule has 2 fully saturated rings. The summed E-state index contributed by atoms with van der Waals surface area (Å²) in [5.41, 5.74) is 1.88. The summed E-state index contributed by atoms with van der Waals surface area (Å²) in [6, 6.07) is 10.5. The van der Waals surface area contributed by atoms with Crippen LogP contribution in [0.4, 0.5) is 5.88 Å². The maximum Gasteiger partial charge on any atom is 0.248 e. The lowest BCUT2D eigenvalue weighted by Gasteiger charge is -2.44. The normalized spacial score (nSPS) is 20.4. The van der Waals surface area contributed by atoms with Crippen LogP contribution in [0.1, 0.15) is 5.56 Å². The van der Waals surface area contributed by atoms with Crippen molar-refractivity contribution in [2.75, 3.05) is 37.6 Å². The molecule has 0 bridgehead atoms. The first-order valence-electron chi connectivity index (χ1n) is 8.37. The molecule has 0 radical (unpaired) electrons. The monoisotopic (exact) mass is 348 g/mol. The Morgan fingerprint density at radius 1 is 1.15 bits per heavy atom. The molecule has 0 saturated carbocycles. The predicted molar refractivity (Wildman–Crippen MR) is 91.6 cm³/mol. The number of carbonyl (C=O) groups is 1. The molecule has 0 spiro atoms. The Hall–Kier alpha value is -3.36. The number of hydrogen-bond acceptors (Lipinski definition) is 7. The number of hydrogen-bond donors (Lipinski definition) is 0. The van der Waals surface area contributed by atoms with E-state index in [4.69, 9.17) is 15.0 Å². The van der Waals surface area contributed by atoms with Crippen molar-refractivity contribution in [3.05, 3.63) is 35.9 Å². The van der Waals surface area contributed by atoms with Crippen LogP contribution in [0, 0.1) is 22.8 Å². The van der Waals surface area contributed by atoms with Crippen molar-refractivity contribution in [2.24, 2.45) is 0 Å². The summed E-state index contributed by atoms with van der Waals surface area (Å²) >= 11 is 0. The van der Waals surface area contributed by atoms with Gasteiger partial charge in [0, 0.05) is 37.8 Å². The van der Waals surface area contributed by atoms with Crippen molar-refractivity contribution in [3.8, 4) is 23.5 Å². The van der Waals surface area contributed by atoms with E-state index in [2.05, 4.69) is 22.3 Å². The molecule has 130 valence electrons. The maximum absolute atomic E-state index is 12.9. The van der Waals surface area contributed by atoms with E-state index < -0.39 is 0 Å². The summed E-state index contributed by atoms with van der Waals surface area (Å²) in [7, 11) is 0. The number of benzene rings is 1. The molecule has 1 aromatic heterocycles. The van der Waals surface area contributed by atoms with Crippen molar-refractivity contribution < 1.29 is 9.32 Å². The third-order valence-electron chi connectivity index (χ3n) is 4.85. The van der Waals surface area contributed by atoms with E-state index in [9.17, 15) is 4.79 Å². The Labute approximate surface area is 150 Å². The average Bonchev–Trinajstić information content (AvgIpc) is 3.18. The second kappa shape index (κ2) is 6.51. The van der Waals surface area contributed by atoms with E-state index in [0.29, 0.717) is 43.3 Å². The van der Waals surface area contributed by atoms with Crippen molar-refractivity contribution in [1.82, 2.24) is 15.0 Å². The minimum Gasteiger partial charge on any atom is -0.338 e. The second-order valence-electron chi connectivity index (χ2n) is 6.33. The maximum atomic E-state index is 12.9. The van der Waals surface area contributed by atoms with Crippen LogP contribution in [0.2, 0.25) is 0 Å². The first-order chi connectivity index (χ1) is 12.7. The molecule has 3 heterocycles. The van der Waals surface area contributed by atoms with Crippen LogP contribution in [0.15, 0.2) is 34.9 Å². The van der Waals surface area contributed by atoms with Crippen LogP contribution < -0.4 is 4.90 Å². The highest BCUT2D eigenvalue weighted by Gasteiger charge is 2.40. The molecular weight excluding hydrogens is 332 g/mol. The van der Waals surface area contributed by atoms with E-state index in [1.54, 1.807) is 34.1 Å². The quantitative estimate of drug-likeness (QED) is 0.747. The molecule has 1 amide bonds. The van der Waals surface area contributed by atoms with Gasteiger partial charge >= 0.3 is 0 Å². The molecule has 0 N–H and O–H groups in total. The zero-order valence-corrected chi connectivity index (χ0v) is 14.0. The highest BCUT2D eigenvalue weighted by molar-refractivity contribution is 5.97. The molecule has 2 aliphatic rings. The Kier molecular flexibility index (Phi) is 4.04. The van der Waals surface area contributed by atoms with Gasteiger partial charge in [0.1, 0.15) is 11.7 Å². The Morgan fingerprint density at radius 3 is 2.81 bits per heavy atom. The van der Waals surface area contributed by atoms with Gasteiger partial charge in [-0.15, -0.1) is 0 Å². The standard InChI is InChI=1S/C18H16N6O2/c19-10-13-2-1-3-14(8-13)15-9-17(26-21-15)24-7-6-23-5-4-22(12-20)11-16(23)18(24)25/h1-3,8-9,16H,4-7,11H2/t16-/m1/s1. The average molecular weight is 348 g/mol. The fourth-order valence-corrected chi connectivity index (χ4v) is 3.43. The van der Waals surface area contributed by atoms with Crippen LogP contribution in [0.3, 0.4) is 0 Å². The lowest BCUT2D eigenvalue weighted by atomic mass is 10.1. The van der Waals surface area contributed by atoms with Crippen LogP contribution in [0.25, 0.3) is 11.3 Å². The smallest absolute Gasteiger partial charge is 0.248 e. The Balaban J connectivity index is 1.57. The first-order valence-corrected chi connectivity index (χ1v) is 8.37. The molecule has 4 rings (SSSR count). The molecule has 2 aliphatic heterocycles. The molecule has 26 heavy (non-hydrogen) atoms.